The molecular weight excluding hydrogens is 259 g/mol. The van der Waals surface area contributed by atoms with Crippen LogP contribution in [0.5, 0.6) is 0 Å². The maximum absolute atomic E-state index is 10.3. The average Bonchev–Trinajstić information content (AvgIpc) is 2.30. The number of hydrogen-bond donors (Lipinski definition) is 3. The summed E-state index contributed by atoms with van der Waals surface area (Å²) in [5, 5.41) is 0.138. The predicted octanol–water partition coefficient (Wildman–Crippen LogP) is 1.57. The molecule has 2 aromatic rings. The van der Waals surface area contributed by atoms with Gasteiger partial charge in [-0.3, -0.25) is 0 Å². The predicted molar refractivity (Wildman–Crippen MR) is 70.7 cm³/mol. The van der Waals surface area contributed by atoms with Gasteiger partial charge in [-0.25, -0.2) is 0 Å². The Labute approximate surface area is 104 Å². The quantitative estimate of drug-likeness (QED) is 0.726. The second-order valence-corrected chi connectivity index (χ2v) is 7.13. The van der Waals surface area contributed by atoms with Crippen LogP contribution in [-0.2, 0) is 0 Å². The summed E-state index contributed by atoms with van der Waals surface area (Å²) in [5.74, 6) is 0. The van der Waals surface area contributed by atoms with Crippen LogP contribution in [0.2, 0.25) is 5.02 Å². The molecular formula is C12H12ClO3P. The fourth-order valence-corrected chi connectivity index (χ4v) is 4.06. The molecule has 3 N–H and O–H groups in total. The first-order chi connectivity index (χ1) is 7.90. The Balaban J connectivity index is 2.67. The molecule has 0 amide bonds. The SMILES string of the molecule is OP(O)(O)(c1ccccc1)c1ccccc1Cl. The fraction of sp³-hybridized carbons (Fsp3) is 0. The molecule has 0 unspecified atom stereocenters. The Morgan fingerprint density at radius 2 is 1.29 bits per heavy atom. The fourth-order valence-electron chi connectivity index (χ4n) is 1.63. The van der Waals surface area contributed by atoms with Gasteiger partial charge in [-0.05, 0) is 0 Å². The second-order valence-electron chi connectivity index (χ2n) is 3.77. The number of halogens is 1. The number of rotatable bonds is 2. The molecule has 0 radical (unpaired) electrons. The summed E-state index contributed by atoms with van der Waals surface area (Å²) < 4.78 is 0. The molecule has 0 saturated carbocycles. The minimum absolute atomic E-state index is 0.0497. The molecule has 0 spiro atoms. The van der Waals surface area contributed by atoms with Gasteiger partial charge in [0, 0.05) is 0 Å². The molecule has 2 rings (SSSR count). The Kier molecular flexibility index (Phi) is 2.98. The summed E-state index contributed by atoms with van der Waals surface area (Å²) in [7, 11) is -5.11. The van der Waals surface area contributed by atoms with Crippen molar-refractivity contribution in [1.29, 1.82) is 0 Å². The molecule has 0 atom stereocenters. The molecule has 0 heterocycles. The second kappa shape index (κ2) is 4.05. The summed E-state index contributed by atoms with van der Waals surface area (Å²) in [5.41, 5.74) is 0. The average molecular weight is 271 g/mol. The Hall–Kier alpha value is -0.960. The van der Waals surface area contributed by atoms with Crippen molar-refractivity contribution in [1.82, 2.24) is 0 Å². The van der Waals surface area contributed by atoms with Crippen LogP contribution in [0.25, 0.3) is 0 Å². The van der Waals surface area contributed by atoms with Gasteiger partial charge < -0.3 is 0 Å². The molecule has 0 saturated heterocycles. The zero-order valence-corrected chi connectivity index (χ0v) is 10.5. The topological polar surface area (TPSA) is 60.7 Å². The zero-order valence-electron chi connectivity index (χ0n) is 8.86. The molecule has 0 aliphatic heterocycles. The summed E-state index contributed by atoms with van der Waals surface area (Å²) >= 11 is 5.90. The van der Waals surface area contributed by atoms with Crippen LogP contribution in [0, 0.1) is 0 Å². The first-order valence-electron chi connectivity index (χ1n) is 4.97. The van der Waals surface area contributed by atoms with E-state index in [-0.39, 0.29) is 15.6 Å². The van der Waals surface area contributed by atoms with E-state index in [0.717, 1.165) is 0 Å². The van der Waals surface area contributed by atoms with E-state index in [4.69, 9.17) is 11.6 Å². The van der Waals surface area contributed by atoms with E-state index in [9.17, 15) is 14.7 Å². The normalized spacial score (nSPS) is 14.0. The first-order valence-corrected chi connectivity index (χ1v) is 7.45. The molecule has 2 aromatic carbocycles. The third-order valence-corrected chi connectivity index (χ3v) is 5.52. The Bertz CT molecular complexity index is 534. The monoisotopic (exact) mass is 270 g/mol. The summed E-state index contributed by atoms with van der Waals surface area (Å²) in [6, 6.07) is 14.0. The Morgan fingerprint density at radius 3 is 1.88 bits per heavy atom. The van der Waals surface area contributed by atoms with Gasteiger partial charge in [0.1, 0.15) is 0 Å². The minimum atomic E-state index is -5.11. The first kappa shape index (κ1) is 12.5. The standard InChI is InChI=1S/C12H12ClO3P/c13-11-8-4-5-9-12(11)17(14,15,16)10-6-2-1-3-7-10/h1-9,14-16H. The third-order valence-electron chi connectivity index (χ3n) is 2.53. The van der Waals surface area contributed by atoms with Crippen molar-refractivity contribution in [3.8, 4) is 0 Å². The van der Waals surface area contributed by atoms with Crippen molar-refractivity contribution in [3.05, 3.63) is 59.6 Å². The summed E-state index contributed by atoms with van der Waals surface area (Å²) in [6.07, 6.45) is 0. The van der Waals surface area contributed by atoms with E-state index in [1.165, 1.54) is 24.3 Å². The zero-order chi connectivity index (χ0) is 12.5. The van der Waals surface area contributed by atoms with Crippen LogP contribution in [0.1, 0.15) is 0 Å². The van der Waals surface area contributed by atoms with Gasteiger partial charge in [0.05, 0.1) is 0 Å². The van der Waals surface area contributed by atoms with Gasteiger partial charge in [0.2, 0.25) is 0 Å². The van der Waals surface area contributed by atoms with Crippen LogP contribution in [-0.4, -0.2) is 14.7 Å². The van der Waals surface area contributed by atoms with Crippen molar-refractivity contribution in [3.63, 3.8) is 0 Å². The third kappa shape index (κ3) is 2.21. The van der Waals surface area contributed by atoms with Crippen LogP contribution in [0.4, 0.5) is 0 Å². The molecule has 0 fully saturated rings. The van der Waals surface area contributed by atoms with Crippen LogP contribution >= 0.6 is 18.9 Å². The number of hydrogen-bond acceptors (Lipinski definition) is 3. The van der Waals surface area contributed by atoms with Gasteiger partial charge in [-0.1, -0.05) is 0 Å². The van der Waals surface area contributed by atoms with Gasteiger partial charge in [-0.2, -0.15) is 0 Å². The van der Waals surface area contributed by atoms with E-state index < -0.39 is 7.28 Å². The molecule has 0 aliphatic carbocycles. The Morgan fingerprint density at radius 1 is 0.765 bits per heavy atom. The molecule has 0 aliphatic rings. The van der Waals surface area contributed by atoms with Crippen molar-refractivity contribution in [2.45, 2.75) is 0 Å². The molecule has 0 aromatic heterocycles. The van der Waals surface area contributed by atoms with Gasteiger partial charge >= 0.3 is 104 Å². The van der Waals surface area contributed by atoms with E-state index in [1.807, 2.05) is 0 Å². The van der Waals surface area contributed by atoms with Gasteiger partial charge in [0.25, 0.3) is 0 Å². The number of benzene rings is 2. The van der Waals surface area contributed by atoms with E-state index in [0.29, 0.717) is 0 Å². The maximum atomic E-state index is 10.3. The van der Waals surface area contributed by atoms with Crippen LogP contribution in [0.3, 0.4) is 0 Å². The summed E-state index contributed by atoms with van der Waals surface area (Å²) in [6.45, 7) is 0. The molecule has 0 bridgehead atoms. The van der Waals surface area contributed by atoms with Crippen LogP contribution in [0.15, 0.2) is 54.6 Å². The van der Waals surface area contributed by atoms with E-state index in [1.54, 1.807) is 30.3 Å². The van der Waals surface area contributed by atoms with Crippen molar-refractivity contribution in [2.75, 3.05) is 0 Å². The van der Waals surface area contributed by atoms with Crippen LogP contribution < -0.4 is 10.6 Å². The summed E-state index contributed by atoms with van der Waals surface area (Å²) in [4.78, 5) is 30.8. The molecule has 17 heavy (non-hydrogen) atoms. The van der Waals surface area contributed by atoms with E-state index >= 15 is 0 Å². The molecule has 3 nitrogen and oxygen atoms in total. The van der Waals surface area contributed by atoms with E-state index in [2.05, 4.69) is 0 Å². The van der Waals surface area contributed by atoms with Crippen molar-refractivity contribution in [2.24, 2.45) is 0 Å². The van der Waals surface area contributed by atoms with Crippen molar-refractivity contribution < 1.29 is 14.7 Å². The molecule has 5 heteroatoms. The van der Waals surface area contributed by atoms with Gasteiger partial charge in [0.15, 0.2) is 0 Å². The van der Waals surface area contributed by atoms with Gasteiger partial charge in [-0.15, -0.1) is 0 Å². The van der Waals surface area contributed by atoms with Crippen molar-refractivity contribution >= 4 is 29.5 Å². The molecule has 90 valence electrons.